The molecule has 0 aliphatic heterocycles. The number of amides is 1. The molecule has 2 heterocycles. The Morgan fingerprint density at radius 3 is 2.60 bits per heavy atom. The SMILES string of the molecule is CC(=O)N(Cc1ccc(Nc2cc(-c3ccccc3)nc3ncnn23)cc1)C1CC1. The number of hydrogen-bond acceptors (Lipinski definition) is 5. The van der Waals surface area contributed by atoms with E-state index in [0.717, 1.165) is 41.2 Å². The zero-order chi connectivity index (χ0) is 20.5. The van der Waals surface area contributed by atoms with Crippen LogP contribution in [0.4, 0.5) is 11.5 Å². The topological polar surface area (TPSA) is 75.4 Å². The molecule has 1 saturated carbocycles. The molecule has 2 aromatic heterocycles. The van der Waals surface area contributed by atoms with Gasteiger partial charge in [-0.2, -0.15) is 14.6 Å². The van der Waals surface area contributed by atoms with Crippen LogP contribution in [0.1, 0.15) is 25.3 Å². The summed E-state index contributed by atoms with van der Waals surface area (Å²) in [5.41, 5.74) is 3.90. The van der Waals surface area contributed by atoms with E-state index in [-0.39, 0.29) is 5.91 Å². The van der Waals surface area contributed by atoms with Crippen LogP contribution in [0.3, 0.4) is 0 Å². The predicted molar refractivity (Wildman–Crippen MR) is 115 cm³/mol. The lowest BCUT2D eigenvalue weighted by molar-refractivity contribution is -0.130. The van der Waals surface area contributed by atoms with Crippen molar-refractivity contribution in [2.45, 2.75) is 32.4 Å². The van der Waals surface area contributed by atoms with Crippen LogP contribution in [0.5, 0.6) is 0 Å². The molecule has 1 aliphatic carbocycles. The Kier molecular flexibility index (Phi) is 4.63. The van der Waals surface area contributed by atoms with Gasteiger partial charge in [0.2, 0.25) is 5.91 Å². The van der Waals surface area contributed by atoms with Crippen LogP contribution < -0.4 is 5.32 Å². The molecule has 0 radical (unpaired) electrons. The molecule has 1 fully saturated rings. The Bertz CT molecular complexity index is 1180. The van der Waals surface area contributed by atoms with Crippen molar-refractivity contribution >= 4 is 23.2 Å². The second kappa shape index (κ2) is 7.59. The van der Waals surface area contributed by atoms with Crippen molar-refractivity contribution in [2.24, 2.45) is 0 Å². The number of carbonyl (C=O) groups excluding carboxylic acids is 1. The Labute approximate surface area is 174 Å². The van der Waals surface area contributed by atoms with Crippen LogP contribution in [0, 0.1) is 0 Å². The summed E-state index contributed by atoms with van der Waals surface area (Å²) in [5, 5.41) is 7.71. The number of benzene rings is 2. The molecule has 4 aromatic rings. The summed E-state index contributed by atoms with van der Waals surface area (Å²) in [6.45, 7) is 2.30. The van der Waals surface area contributed by atoms with Crippen molar-refractivity contribution in [1.82, 2.24) is 24.5 Å². The lowest BCUT2D eigenvalue weighted by Crippen LogP contribution is -2.30. The number of aromatic nitrogens is 4. The molecule has 0 spiro atoms. The highest BCUT2D eigenvalue weighted by Gasteiger charge is 2.30. The van der Waals surface area contributed by atoms with Crippen molar-refractivity contribution in [3.63, 3.8) is 0 Å². The zero-order valence-electron chi connectivity index (χ0n) is 16.7. The van der Waals surface area contributed by atoms with Gasteiger partial charge >= 0.3 is 0 Å². The third-order valence-corrected chi connectivity index (χ3v) is 5.29. The van der Waals surface area contributed by atoms with Gasteiger partial charge in [-0.05, 0) is 30.5 Å². The zero-order valence-corrected chi connectivity index (χ0v) is 16.7. The third kappa shape index (κ3) is 3.74. The highest BCUT2D eigenvalue weighted by molar-refractivity contribution is 5.74. The fraction of sp³-hybridized carbons (Fsp3) is 0.217. The van der Waals surface area contributed by atoms with Gasteiger partial charge in [0.15, 0.2) is 0 Å². The molecule has 1 aliphatic rings. The minimum Gasteiger partial charge on any atom is -0.340 e. The van der Waals surface area contributed by atoms with Gasteiger partial charge in [0, 0.05) is 36.8 Å². The number of fused-ring (bicyclic) bond motifs is 1. The second-order valence-electron chi connectivity index (χ2n) is 7.56. The predicted octanol–water partition coefficient (Wildman–Crippen LogP) is 4.05. The molecular weight excluding hydrogens is 376 g/mol. The molecule has 2 aromatic carbocycles. The molecule has 1 N–H and O–H groups in total. The van der Waals surface area contributed by atoms with Gasteiger partial charge in [0.25, 0.3) is 5.78 Å². The first kappa shape index (κ1) is 18.3. The molecular formula is C23H22N6O. The Hall–Kier alpha value is -3.74. The molecule has 0 atom stereocenters. The minimum absolute atomic E-state index is 0.138. The summed E-state index contributed by atoms with van der Waals surface area (Å²) >= 11 is 0. The van der Waals surface area contributed by atoms with E-state index in [1.165, 1.54) is 6.33 Å². The van der Waals surface area contributed by atoms with E-state index in [1.54, 1.807) is 11.4 Å². The van der Waals surface area contributed by atoms with E-state index in [4.69, 9.17) is 0 Å². The number of nitrogens with one attached hydrogen (secondary N) is 1. The molecule has 0 saturated heterocycles. The van der Waals surface area contributed by atoms with Crippen molar-refractivity contribution in [3.8, 4) is 11.3 Å². The molecule has 30 heavy (non-hydrogen) atoms. The van der Waals surface area contributed by atoms with Crippen molar-refractivity contribution in [2.75, 3.05) is 5.32 Å². The van der Waals surface area contributed by atoms with Gasteiger partial charge in [-0.15, -0.1) is 0 Å². The van der Waals surface area contributed by atoms with Gasteiger partial charge in [-0.25, -0.2) is 4.98 Å². The average molecular weight is 398 g/mol. The quantitative estimate of drug-likeness (QED) is 0.530. The van der Waals surface area contributed by atoms with Crippen LogP contribution in [0.25, 0.3) is 17.0 Å². The number of anilines is 2. The summed E-state index contributed by atoms with van der Waals surface area (Å²) in [6, 6.07) is 20.5. The first-order valence-corrected chi connectivity index (χ1v) is 10.1. The molecule has 150 valence electrons. The van der Waals surface area contributed by atoms with Crippen LogP contribution in [-0.2, 0) is 11.3 Å². The monoisotopic (exact) mass is 398 g/mol. The Balaban J connectivity index is 1.40. The van der Waals surface area contributed by atoms with Crippen molar-refractivity contribution < 1.29 is 4.79 Å². The van der Waals surface area contributed by atoms with E-state index in [9.17, 15) is 4.79 Å². The van der Waals surface area contributed by atoms with E-state index in [0.29, 0.717) is 18.4 Å². The first-order valence-electron chi connectivity index (χ1n) is 10.1. The van der Waals surface area contributed by atoms with Crippen molar-refractivity contribution in [1.29, 1.82) is 0 Å². The number of nitrogens with zero attached hydrogens (tertiary/aromatic N) is 5. The van der Waals surface area contributed by atoms with Crippen LogP contribution >= 0.6 is 0 Å². The normalized spacial score (nSPS) is 13.4. The van der Waals surface area contributed by atoms with Gasteiger partial charge < -0.3 is 10.2 Å². The molecule has 0 bridgehead atoms. The Morgan fingerprint density at radius 1 is 1.13 bits per heavy atom. The smallest absolute Gasteiger partial charge is 0.254 e. The Morgan fingerprint density at radius 2 is 1.90 bits per heavy atom. The van der Waals surface area contributed by atoms with Gasteiger partial charge in [0.05, 0.1) is 5.69 Å². The third-order valence-electron chi connectivity index (χ3n) is 5.29. The molecule has 7 heteroatoms. The summed E-state index contributed by atoms with van der Waals surface area (Å²) in [6.07, 6.45) is 3.72. The average Bonchev–Trinajstić information content (AvgIpc) is 3.49. The lowest BCUT2D eigenvalue weighted by Gasteiger charge is -2.20. The molecule has 7 nitrogen and oxygen atoms in total. The molecule has 1 amide bonds. The van der Waals surface area contributed by atoms with Crippen LogP contribution in [0.2, 0.25) is 0 Å². The van der Waals surface area contributed by atoms with Crippen molar-refractivity contribution in [3.05, 3.63) is 72.6 Å². The summed E-state index contributed by atoms with van der Waals surface area (Å²) < 4.78 is 1.69. The standard InChI is InChI=1S/C23H22N6O/c1-16(30)28(20-11-12-20)14-17-7-9-19(10-8-17)26-22-13-21(18-5-3-2-4-6-18)27-23-24-15-25-29(22)23/h2-10,13,15,20,26H,11-12,14H2,1H3. The lowest BCUT2D eigenvalue weighted by atomic mass is 10.1. The van der Waals surface area contributed by atoms with Gasteiger partial charge in [0.1, 0.15) is 12.1 Å². The fourth-order valence-electron chi connectivity index (χ4n) is 3.58. The van der Waals surface area contributed by atoms with Gasteiger partial charge in [-0.1, -0.05) is 42.5 Å². The fourth-order valence-corrected chi connectivity index (χ4v) is 3.58. The van der Waals surface area contributed by atoms with Gasteiger partial charge in [-0.3, -0.25) is 4.79 Å². The second-order valence-corrected chi connectivity index (χ2v) is 7.56. The summed E-state index contributed by atoms with van der Waals surface area (Å²) in [4.78, 5) is 22.7. The van der Waals surface area contributed by atoms with Crippen LogP contribution in [0.15, 0.2) is 67.0 Å². The minimum atomic E-state index is 0.138. The highest BCUT2D eigenvalue weighted by Crippen LogP contribution is 2.29. The number of rotatable bonds is 6. The number of hydrogen-bond donors (Lipinski definition) is 1. The summed E-state index contributed by atoms with van der Waals surface area (Å²) in [7, 11) is 0. The van der Waals surface area contributed by atoms with E-state index in [1.807, 2.05) is 53.4 Å². The largest absolute Gasteiger partial charge is 0.340 e. The maximum atomic E-state index is 11.9. The molecule has 0 unspecified atom stereocenters. The van der Waals surface area contributed by atoms with E-state index < -0.39 is 0 Å². The first-order chi connectivity index (χ1) is 14.7. The maximum Gasteiger partial charge on any atom is 0.254 e. The summed E-state index contributed by atoms with van der Waals surface area (Å²) in [5.74, 6) is 1.46. The van der Waals surface area contributed by atoms with E-state index in [2.05, 4.69) is 32.5 Å². The number of carbonyl (C=O) groups is 1. The molecule has 5 rings (SSSR count). The highest BCUT2D eigenvalue weighted by atomic mass is 16.2. The maximum absolute atomic E-state index is 11.9. The van der Waals surface area contributed by atoms with Crippen LogP contribution in [-0.4, -0.2) is 36.4 Å². The van der Waals surface area contributed by atoms with E-state index >= 15 is 0 Å².